The van der Waals surface area contributed by atoms with E-state index in [2.05, 4.69) is 26.1 Å². The smallest absolute Gasteiger partial charge is 0.303 e. The van der Waals surface area contributed by atoms with Gasteiger partial charge >= 0.3 is 5.97 Å². The molecule has 1 aromatic heterocycles. The number of H-pyrrole nitrogens is 1. The first kappa shape index (κ1) is 11.1. The fraction of sp³-hybridized carbons (Fsp3) is 0.273. The summed E-state index contributed by atoms with van der Waals surface area (Å²) in [5.74, 6) is -0.751. The second-order valence-corrected chi connectivity index (χ2v) is 4.39. The third kappa shape index (κ3) is 2.24. The van der Waals surface area contributed by atoms with Crippen LogP contribution in [-0.2, 0) is 11.2 Å². The molecule has 0 aliphatic heterocycles. The predicted molar refractivity (Wildman–Crippen MR) is 64.4 cm³/mol. The molecular weight excluding hydrogens is 272 g/mol. The molecule has 0 amide bonds. The van der Waals surface area contributed by atoms with E-state index in [9.17, 15) is 4.79 Å². The predicted octanol–water partition coefficient (Wildman–Crippen LogP) is 2.73. The minimum atomic E-state index is -0.751. The highest BCUT2D eigenvalue weighted by Gasteiger charge is 2.08. The van der Waals surface area contributed by atoms with Crippen molar-refractivity contribution in [2.75, 3.05) is 0 Å². The molecule has 0 fully saturated rings. The van der Waals surface area contributed by atoms with Crippen LogP contribution in [0.1, 0.15) is 18.4 Å². The van der Waals surface area contributed by atoms with Gasteiger partial charge < -0.3 is 5.11 Å². The Morgan fingerprint density at radius 1 is 1.50 bits per heavy atom. The Bertz CT molecular complexity index is 522. The third-order valence-electron chi connectivity index (χ3n) is 2.46. The SMILES string of the molecule is O=C(O)CCCc1cccc2n[nH]c(Br)c12. The molecule has 5 heteroatoms. The van der Waals surface area contributed by atoms with Crippen molar-refractivity contribution in [3.8, 4) is 0 Å². The summed E-state index contributed by atoms with van der Waals surface area (Å²) in [6.45, 7) is 0. The van der Waals surface area contributed by atoms with Crippen molar-refractivity contribution in [3.63, 3.8) is 0 Å². The second-order valence-electron chi connectivity index (χ2n) is 3.60. The number of hydrogen-bond acceptors (Lipinski definition) is 2. The molecule has 0 atom stereocenters. The largest absolute Gasteiger partial charge is 0.481 e. The maximum absolute atomic E-state index is 10.4. The van der Waals surface area contributed by atoms with E-state index in [0.29, 0.717) is 6.42 Å². The molecule has 0 aliphatic rings. The zero-order valence-electron chi connectivity index (χ0n) is 8.53. The normalized spacial score (nSPS) is 10.8. The van der Waals surface area contributed by atoms with Crippen molar-refractivity contribution >= 4 is 32.8 Å². The van der Waals surface area contributed by atoms with Crippen LogP contribution < -0.4 is 0 Å². The minimum absolute atomic E-state index is 0.200. The lowest BCUT2D eigenvalue weighted by atomic mass is 10.0. The minimum Gasteiger partial charge on any atom is -0.481 e. The number of nitrogens with zero attached hydrogens (tertiary/aromatic N) is 1. The van der Waals surface area contributed by atoms with Gasteiger partial charge in [-0.3, -0.25) is 9.89 Å². The standard InChI is InChI=1S/C11H11BrN2O2/c12-11-10-7(4-2-6-9(15)16)3-1-5-8(10)13-14-11/h1,3,5H,2,4,6H2,(H,13,14)(H,15,16). The van der Waals surface area contributed by atoms with Crippen LogP contribution in [0, 0.1) is 0 Å². The van der Waals surface area contributed by atoms with Gasteiger partial charge in [0.15, 0.2) is 0 Å². The fourth-order valence-electron chi connectivity index (χ4n) is 1.74. The highest BCUT2D eigenvalue weighted by atomic mass is 79.9. The third-order valence-corrected chi connectivity index (χ3v) is 3.03. The molecule has 0 unspecified atom stereocenters. The van der Waals surface area contributed by atoms with Crippen molar-refractivity contribution in [1.29, 1.82) is 0 Å². The Morgan fingerprint density at radius 2 is 2.31 bits per heavy atom. The van der Waals surface area contributed by atoms with Crippen molar-refractivity contribution < 1.29 is 9.90 Å². The summed E-state index contributed by atoms with van der Waals surface area (Å²) in [4.78, 5) is 10.4. The Balaban J connectivity index is 2.23. The molecule has 84 valence electrons. The van der Waals surface area contributed by atoms with Gasteiger partial charge in [-0.1, -0.05) is 12.1 Å². The molecule has 0 spiro atoms. The lowest BCUT2D eigenvalue weighted by Gasteiger charge is -2.01. The molecule has 2 aromatic rings. The van der Waals surface area contributed by atoms with E-state index in [4.69, 9.17) is 5.11 Å². The molecule has 0 saturated carbocycles. The van der Waals surface area contributed by atoms with Crippen LogP contribution in [0.15, 0.2) is 22.8 Å². The lowest BCUT2D eigenvalue weighted by Crippen LogP contribution is -1.96. The number of halogens is 1. The molecule has 2 rings (SSSR count). The highest BCUT2D eigenvalue weighted by Crippen LogP contribution is 2.25. The summed E-state index contributed by atoms with van der Waals surface area (Å²) in [6, 6.07) is 5.87. The topological polar surface area (TPSA) is 66.0 Å². The molecule has 0 radical (unpaired) electrons. The maximum atomic E-state index is 10.4. The van der Waals surface area contributed by atoms with E-state index < -0.39 is 5.97 Å². The number of aryl methyl sites for hydroxylation is 1. The number of aliphatic carboxylic acids is 1. The van der Waals surface area contributed by atoms with E-state index in [-0.39, 0.29) is 6.42 Å². The van der Waals surface area contributed by atoms with E-state index >= 15 is 0 Å². The van der Waals surface area contributed by atoms with Crippen LogP contribution in [0.5, 0.6) is 0 Å². The number of aromatic amines is 1. The molecule has 16 heavy (non-hydrogen) atoms. The van der Waals surface area contributed by atoms with E-state index in [0.717, 1.165) is 27.5 Å². The Labute approximate surface area is 101 Å². The maximum Gasteiger partial charge on any atom is 0.303 e. The first-order valence-corrected chi connectivity index (χ1v) is 5.81. The number of nitrogens with one attached hydrogen (secondary N) is 1. The average Bonchev–Trinajstić information content (AvgIpc) is 2.61. The number of fused-ring (bicyclic) bond motifs is 1. The van der Waals surface area contributed by atoms with Gasteiger partial charge in [0.25, 0.3) is 0 Å². The summed E-state index contributed by atoms with van der Waals surface area (Å²) >= 11 is 3.40. The Morgan fingerprint density at radius 3 is 3.06 bits per heavy atom. The van der Waals surface area contributed by atoms with Crippen molar-refractivity contribution in [2.45, 2.75) is 19.3 Å². The van der Waals surface area contributed by atoms with Crippen LogP contribution in [0.2, 0.25) is 0 Å². The zero-order chi connectivity index (χ0) is 11.5. The monoisotopic (exact) mass is 282 g/mol. The number of rotatable bonds is 4. The summed E-state index contributed by atoms with van der Waals surface area (Å²) in [6.07, 6.45) is 1.60. The molecule has 1 heterocycles. The molecule has 0 saturated heterocycles. The van der Waals surface area contributed by atoms with Crippen LogP contribution in [0.25, 0.3) is 10.9 Å². The molecule has 0 bridgehead atoms. The summed E-state index contributed by atoms with van der Waals surface area (Å²) in [5.41, 5.74) is 2.03. The number of carboxylic acid groups (broad SMARTS) is 1. The highest BCUT2D eigenvalue weighted by molar-refractivity contribution is 9.10. The van der Waals surface area contributed by atoms with Crippen LogP contribution in [0.3, 0.4) is 0 Å². The fourth-order valence-corrected chi connectivity index (χ4v) is 2.28. The first-order valence-electron chi connectivity index (χ1n) is 5.02. The molecule has 0 aliphatic carbocycles. The van der Waals surface area contributed by atoms with Crippen LogP contribution >= 0.6 is 15.9 Å². The van der Waals surface area contributed by atoms with Gasteiger partial charge in [-0.25, -0.2) is 0 Å². The van der Waals surface area contributed by atoms with E-state index in [1.165, 1.54) is 0 Å². The second kappa shape index (κ2) is 4.65. The number of carbonyl (C=O) groups is 1. The summed E-state index contributed by atoms with van der Waals surface area (Å²) in [5, 5.41) is 16.6. The lowest BCUT2D eigenvalue weighted by molar-refractivity contribution is -0.137. The molecule has 4 nitrogen and oxygen atoms in total. The van der Waals surface area contributed by atoms with Gasteiger partial charge in [0.05, 0.1) is 5.52 Å². The molecule has 1 aromatic carbocycles. The summed E-state index contributed by atoms with van der Waals surface area (Å²) < 4.78 is 0.855. The van der Waals surface area contributed by atoms with E-state index in [1.807, 2.05) is 18.2 Å². The quantitative estimate of drug-likeness (QED) is 0.906. The van der Waals surface area contributed by atoms with Gasteiger partial charge in [-0.2, -0.15) is 5.10 Å². The van der Waals surface area contributed by atoms with Gasteiger partial charge in [0.2, 0.25) is 0 Å². The summed E-state index contributed by atoms with van der Waals surface area (Å²) in [7, 11) is 0. The van der Waals surface area contributed by atoms with Crippen LogP contribution in [0.4, 0.5) is 0 Å². The van der Waals surface area contributed by atoms with Gasteiger partial charge in [-0.05, 0) is 40.4 Å². The van der Waals surface area contributed by atoms with Crippen molar-refractivity contribution in [3.05, 3.63) is 28.4 Å². The average molecular weight is 283 g/mol. The number of hydrogen-bond donors (Lipinski definition) is 2. The molecule has 2 N–H and O–H groups in total. The first-order chi connectivity index (χ1) is 7.68. The molecular formula is C11H11BrN2O2. The van der Waals surface area contributed by atoms with Crippen molar-refractivity contribution in [2.24, 2.45) is 0 Å². The number of carboxylic acids is 1. The van der Waals surface area contributed by atoms with E-state index in [1.54, 1.807) is 0 Å². The van der Waals surface area contributed by atoms with Crippen LogP contribution in [-0.4, -0.2) is 21.3 Å². The van der Waals surface area contributed by atoms with Gasteiger partial charge in [0, 0.05) is 11.8 Å². The van der Waals surface area contributed by atoms with Crippen molar-refractivity contribution in [1.82, 2.24) is 10.2 Å². The number of benzene rings is 1. The Hall–Kier alpha value is -1.36. The van der Waals surface area contributed by atoms with Gasteiger partial charge in [-0.15, -0.1) is 0 Å². The van der Waals surface area contributed by atoms with Gasteiger partial charge in [0.1, 0.15) is 4.60 Å². The zero-order valence-corrected chi connectivity index (χ0v) is 10.1. The number of aromatic nitrogens is 2. The Kier molecular flexibility index (Phi) is 3.24.